The predicted octanol–water partition coefficient (Wildman–Crippen LogP) is 6.06. The first-order valence-electron chi connectivity index (χ1n) is 17.7. The summed E-state index contributed by atoms with van der Waals surface area (Å²) in [4.78, 5) is 42.3. The summed E-state index contributed by atoms with van der Waals surface area (Å²) in [6.07, 6.45) is 8.72. The van der Waals surface area contributed by atoms with Crippen LogP contribution in [-0.4, -0.2) is 80.9 Å². The largest absolute Gasteiger partial charge is 0.491 e. The number of amides is 4. The summed E-state index contributed by atoms with van der Waals surface area (Å²) in [6, 6.07) is 10.5. The van der Waals surface area contributed by atoms with Gasteiger partial charge in [0.1, 0.15) is 5.75 Å². The molecule has 2 fully saturated rings. The number of allylic oxidation sites excluding steroid dienone is 1. The van der Waals surface area contributed by atoms with Gasteiger partial charge in [0.25, 0.3) is 5.91 Å². The highest BCUT2D eigenvalue weighted by Crippen LogP contribution is 2.42. The average molecular weight is 741 g/mol. The third-order valence-corrected chi connectivity index (χ3v) is 12.1. The molecular formula is C37H47ClN5O7S-. The van der Waals surface area contributed by atoms with Crippen molar-refractivity contribution in [3.63, 3.8) is 0 Å². The number of halogens is 1. The van der Waals surface area contributed by atoms with Gasteiger partial charge in [-0.1, -0.05) is 36.7 Å². The van der Waals surface area contributed by atoms with Crippen LogP contribution in [0, 0.1) is 17.8 Å². The van der Waals surface area contributed by atoms with E-state index in [0.29, 0.717) is 49.4 Å². The Morgan fingerprint density at radius 3 is 2.61 bits per heavy atom. The van der Waals surface area contributed by atoms with E-state index < -0.39 is 34.0 Å². The highest BCUT2D eigenvalue weighted by Gasteiger charge is 2.38. The molecule has 276 valence electrons. The minimum atomic E-state index is -2.12. The van der Waals surface area contributed by atoms with E-state index in [1.54, 1.807) is 25.3 Å². The number of hydrogen-bond acceptors (Lipinski definition) is 9. The molecule has 3 heterocycles. The van der Waals surface area contributed by atoms with Crippen molar-refractivity contribution in [3.8, 4) is 5.75 Å². The molecule has 4 aliphatic rings. The highest BCUT2D eigenvalue weighted by atomic mass is 35.5. The number of nitrogens with zero attached hydrogens (tertiary/aromatic N) is 3. The van der Waals surface area contributed by atoms with Gasteiger partial charge in [0.05, 0.1) is 31.5 Å². The number of aryl methyl sites for hydroxylation is 1. The van der Waals surface area contributed by atoms with Crippen LogP contribution in [0.25, 0.3) is 0 Å². The third kappa shape index (κ3) is 8.81. The smallest absolute Gasteiger partial charge is 0.409 e. The van der Waals surface area contributed by atoms with Crippen molar-refractivity contribution in [3.05, 3.63) is 70.3 Å². The lowest BCUT2D eigenvalue weighted by Crippen LogP contribution is -2.63. The molecule has 14 heteroatoms. The van der Waals surface area contributed by atoms with E-state index >= 15 is 0 Å². The lowest BCUT2D eigenvalue weighted by atomic mass is 9.70. The summed E-state index contributed by atoms with van der Waals surface area (Å²) >= 11 is 6.45. The molecule has 4 amide bonds. The molecule has 0 spiro atoms. The van der Waals surface area contributed by atoms with Crippen LogP contribution in [0.1, 0.15) is 60.5 Å². The van der Waals surface area contributed by atoms with Gasteiger partial charge in [0.2, 0.25) is 0 Å². The molecule has 2 aromatic rings. The summed E-state index contributed by atoms with van der Waals surface area (Å²) in [7, 11) is 0.912. The second-order valence-electron chi connectivity index (χ2n) is 13.9. The van der Waals surface area contributed by atoms with Crippen LogP contribution < -0.4 is 20.3 Å². The summed E-state index contributed by atoms with van der Waals surface area (Å²) in [5, 5.41) is 5.36. The maximum absolute atomic E-state index is 13.8. The van der Waals surface area contributed by atoms with Gasteiger partial charge in [0.15, 0.2) is 0 Å². The number of fused-ring (bicyclic) bond motifs is 3. The molecule has 2 bridgehead atoms. The van der Waals surface area contributed by atoms with Gasteiger partial charge in [-0.3, -0.25) is 4.79 Å². The lowest BCUT2D eigenvalue weighted by Gasteiger charge is -2.43. The molecule has 1 aliphatic carbocycles. The summed E-state index contributed by atoms with van der Waals surface area (Å²) in [5.74, 6) is 0.298. The monoisotopic (exact) mass is 740 g/mol. The number of urea groups is 1. The molecule has 51 heavy (non-hydrogen) atoms. The number of carbonyl (C=O) groups excluding carboxylic acids is 3. The fourth-order valence-corrected chi connectivity index (χ4v) is 8.62. The molecule has 3 aliphatic heterocycles. The van der Waals surface area contributed by atoms with Gasteiger partial charge in [-0.25, -0.2) is 9.59 Å². The molecule has 2 aromatic carbocycles. The molecule has 12 nitrogen and oxygen atoms in total. The minimum Gasteiger partial charge on any atom is -0.491 e. The van der Waals surface area contributed by atoms with E-state index in [1.807, 2.05) is 25.1 Å². The molecule has 1 unspecified atom stereocenters. The normalized spacial score (nSPS) is 26.7. The number of hydrogen-bond donors (Lipinski definition) is 2. The Bertz CT molecular complexity index is 1730. The van der Waals surface area contributed by atoms with E-state index in [9.17, 15) is 18.6 Å². The van der Waals surface area contributed by atoms with Crippen LogP contribution in [0.3, 0.4) is 0 Å². The lowest BCUT2D eigenvalue weighted by molar-refractivity contribution is 0.0133. The zero-order chi connectivity index (χ0) is 36.1. The molecule has 1 saturated heterocycles. The third-order valence-electron chi connectivity index (χ3n) is 10.5. The van der Waals surface area contributed by atoms with Crippen LogP contribution in [0.2, 0.25) is 5.02 Å². The van der Waals surface area contributed by atoms with E-state index in [-0.39, 0.29) is 29.5 Å². The molecule has 1 saturated carbocycles. The van der Waals surface area contributed by atoms with Gasteiger partial charge in [-0.05, 0) is 103 Å². The van der Waals surface area contributed by atoms with Gasteiger partial charge < -0.3 is 43.2 Å². The zero-order valence-electron chi connectivity index (χ0n) is 29.3. The Morgan fingerprint density at radius 1 is 1.04 bits per heavy atom. The highest BCUT2D eigenvalue weighted by molar-refractivity contribution is 7.75. The van der Waals surface area contributed by atoms with Crippen molar-refractivity contribution in [2.45, 2.75) is 69.5 Å². The minimum absolute atomic E-state index is 0.121. The van der Waals surface area contributed by atoms with Crippen LogP contribution in [0.4, 0.5) is 15.3 Å². The maximum atomic E-state index is 13.8. The molecule has 0 aromatic heterocycles. The topological polar surface area (TPSA) is 139 Å². The van der Waals surface area contributed by atoms with Crippen molar-refractivity contribution in [2.24, 2.45) is 22.1 Å². The fourth-order valence-electron chi connectivity index (χ4n) is 7.33. The van der Waals surface area contributed by atoms with E-state index in [2.05, 4.69) is 32.0 Å². The quantitative estimate of drug-likeness (QED) is 0.286. The number of nitrogens with one attached hydrogen (secondary N) is 2. The van der Waals surface area contributed by atoms with E-state index in [1.165, 1.54) is 23.1 Å². The van der Waals surface area contributed by atoms with Gasteiger partial charge in [-0.15, -0.1) is 0 Å². The van der Waals surface area contributed by atoms with E-state index in [4.69, 9.17) is 25.8 Å². The van der Waals surface area contributed by atoms with Gasteiger partial charge >= 0.3 is 12.1 Å². The summed E-state index contributed by atoms with van der Waals surface area (Å²) in [5.41, 5.74) is 3.43. The van der Waals surface area contributed by atoms with Crippen LogP contribution >= 0.6 is 11.6 Å². The first-order chi connectivity index (χ1) is 24.6. The maximum Gasteiger partial charge on any atom is 0.409 e. The second kappa shape index (κ2) is 16.7. The number of benzene rings is 2. The number of ether oxygens (including phenoxy) is 3. The van der Waals surface area contributed by atoms with Gasteiger partial charge in [-0.2, -0.15) is 10.6 Å². The molecule has 0 radical (unpaired) electrons. The molecule has 2 N–H and O–H groups in total. The summed E-state index contributed by atoms with van der Waals surface area (Å²) < 4.78 is 35.1. The van der Waals surface area contributed by atoms with E-state index in [0.717, 1.165) is 44.3 Å². The van der Waals surface area contributed by atoms with Crippen molar-refractivity contribution in [1.29, 1.82) is 0 Å². The van der Waals surface area contributed by atoms with Crippen LogP contribution in [0.15, 0.2) is 52.9 Å². The molecule has 5 atom stereocenters. The average Bonchev–Trinajstić information content (AvgIpc) is 3.11. The second-order valence-corrected chi connectivity index (χ2v) is 15.6. The first kappa shape index (κ1) is 37.0. The standard InChI is InChI=1S/C37H47ClN5O7S/c1-23-7-6-9-32(48-2)30-14-11-27(30)20-42-19-26-10-13-28(38)17-24(26)8-4-5-16-50-33-15-12-25(18-31(33)42)34(44)41-51(47)35(23)40-36(45)39-29-21-43(22-29)37(46)49-3/h6,9-10,12-13,15,17-18,23,27,29-30,32,35H,4-5,7-8,11,14,16,19-22H2,1-3H3,(H2,39,40,45)/q-1/b9-6+/t23-,27-,30+,32-,35?/m0/s1. The SMILES string of the molecule is COC(=O)N1CC(NC(=O)NC2[C@@H](C)C/C=C/[C@H](OC)[C@@H]3CC[C@H]3CN3Cc4ccc(Cl)cc4CCCCOc4ccc(cc43)C(=O)N=[S-]2=O)C1. The number of carbonyl (C=O) groups is 3. The van der Waals surface area contributed by atoms with Crippen molar-refractivity contribution in [2.75, 3.05) is 45.4 Å². The summed E-state index contributed by atoms with van der Waals surface area (Å²) in [6.45, 7) is 4.31. The van der Waals surface area contributed by atoms with Crippen molar-refractivity contribution in [1.82, 2.24) is 15.5 Å². The molecular weight excluding hydrogens is 694 g/mol. The number of methoxy groups -OCH3 is 2. The van der Waals surface area contributed by atoms with Crippen LogP contribution in [0.5, 0.6) is 5.75 Å². The Labute approximate surface area is 306 Å². The van der Waals surface area contributed by atoms with Crippen LogP contribution in [-0.2, 0) is 37.2 Å². The first-order valence-corrected chi connectivity index (χ1v) is 19.2. The number of rotatable bonds is 3. The zero-order valence-corrected chi connectivity index (χ0v) is 30.9. The predicted molar refractivity (Wildman–Crippen MR) is 195 cm³/mol. The fraction of sp³-hybridized carbons (Fsp3) is 0.541. The Morgan fingerprint density at radius 2 is 1.86 bits per heavy atom. The Kier molecular flexibility index (Phi) is 12.1. The Hall–Kier alpha value is -3.81. The number of likely N-dealkylation sites (tertiary alicyclic amines) is 1. The van der Waals surface area contributed by atoms with Crippen molar-refractivity contribution < 1.29 is 32.8 Å². The molecule has 6 rings (SSSR count). The Balaban J connectivity index is 1.34. The number of anilines is 1. The van der Waals surface area contributed by atoms with Gasteiger partial charge in [0, 0.05) is 43.9 Å². The van der Waals surface area contributed by atoms with Crippen molar-refractivity contribution >= 4 is 45.9 Å².